The molecular formula is C32H31F2N9O. The maximum absolute atomic E-state index is 13.4. The number of carbonyl (C=O) groups excluding carboxylic acids is 1. The minimum atomic E-state index is -2.81. The summed E-state index contributed by atoms with van der Waals surface area (Å²) in [5, 5.41) is 8.14. The van der Waals surface area contributed by atoms with Crippen LogP contribution in [0.3, 0.4) is 0 Å². The Morgan fingerprint density at radius 2 is 1.86 bits per heavy atom. The number of alkyl halides is 2. The first-order valence-electron chi connectivity index (χ1n) is 15.0. The van der Waals surface area contributed by atoms with Gasteiger partial charge < -0.3 is 16.0 Å². The predicted molar refractivity (Wildman–Crippen MR) is 160 cm³/mol. The molecule has 1 saturated heterocycles. The third-order valence-corrected chi connectivity index (χ3v) is 9.14. The van der Waals surface area contributed by atoms with Crippen molar-refractivity contribution in [2.75, 3.05) is 18.8 Å². The van der Waals surface area contributed by atoms with Crippen LogP contribution in [0, 0.1) is 5.92 Å². The molecule has 1 saturated carbocycles. The van der Waals surface area contributed by atoms with Crippen molar-refractivity contribution in [2.24, 2.45) is 5.92 Å². The molecule has 224 valence electrons. The number of carbonyl (C=O) groups is 1. The number of nitrogens with zero attached hydrogens (tertiary/aromatic N) is 7. The van der Waals surface area contributed by atoms with E-state index in [9.17, 15) is 13.6 Å². The normalized spacial score (nSPS) is 21.1. The maximum Gasteiger partial charge on any atom is 0.260 e. The molecule has 0 bridgehead atoms. The molecular weight excluding hydrogens is 564 g/mol. The standard InChI is InChI=1S/C32H31F2N9O/c33-32(34)18-24(32)31(44)41-15-10-20(11-16-41)38-25-7-4-19-17-21(5-6-22(19)25)43-29(23-3-1-12-36-28(23)35)39-26-8-9-27(40-30(26)43)42-14-2-13-37-42/h1-3,5-6,8-9,12-14,17,20,24-25,38H,4,7,10-11,15-16,18H2,(H2,35,36)/t24-,25?/m1/s1. The molecule has 5 aromatic rings. The van der Waals surface area contributed by atoms with Crippen molar-refractivity contribution in [2.45, 2.75) is 50.1 Å². The number of nitrogen functional groups attached to an aromatic ring is 1. The fourth-order valence-corrected chi connectivity index (χ4v) is 6.68. The van der Waals surface area contributed by atoms with Crippen molar-refractivity contribution in [1.82, 2.24) is 39.5 Å². The van der Waals surface area contributed by atoms with Crippen molar-refractivity contribution in [1.29, 1.82) is 0 Å². The van der Waals surface area contributed by atoms with E-state index in [0.29, 0.717) is 36.2 Å². The first kappa shape index (κ1) is 26.9. The van der Waals surface area contributed by atoms with Crippen molar-refractivity contribution in [3.05, 3.63) is 78.2 Å². The van der Waals surface area contributed by atoms with Crippen LogP contribution in [-0.2, 0) is 11.2 Å². The third kappa shape index (κ3) is 4.60. The summed E-state index contributed by atoms with van der Waals surface area (Å²) in [4.78, 5) is 28.2. The molecule has 0 radical (unpaired) electrons. The SMILES string of the molecule is Nc1ncccc1-c1nc2ccc(-n3cccn3)nc2n1-c1ccc2c(c1)CCC2NC1CCN(C(=O)[C@H]2CC2(F)F)CC1. The van der Waals surface area contributed by atoms with E-state index in [0.717, 1.165) is 42.5 Å². The van der Waals surface area contributed by atoms with Gasteiger partial charge in [0.15, 0.2) is 17.3 Å². The van der Waals surface area contributed by atoms with Gasteiger partial charge >= 0.3 is 0 Å². The Morgan fingerprint density at radius 3 is 2.61 bits per heavy atom. The molecule has 1 aliphatic heterocycles. The van der Waals surface area contributed by atoms with Gasteiger partial charge in [0.2, 0.25) is 5.91 Å². The number of amides is 1. The monoisotopic (exact) mass is 595 g/mol. The lowest BCUT2D eigenvalue weighted by Crippen LogP contribution is -2.46. The van der Waals surface area contributed by atoms with Gasteiger partial charge in [-0.3, -0.25) is 9.36 Å². The summed E-state index contributed by atoms with van der Waals surface area (Å²) in [5.74, 6) is -2.59. The van der Waals surface area contributed by atoms with Gasteiger partial charge in [0, 0.05) is 55.9 Å². The summed E-state index contributed by atoms with van der Waals surface area (Å²) < 4.78 is 30.6. The first-order valence-corrected chi connectivity index (χ1v) is 15.0. The van der Waals surface area contributed by atoms with Crippen LogP contribution < -0.4 is 11.1 Å². The van der Waals surface area contributed by atoms with Crippen molar-refractivity contribution < 1.29 is 13.6 Å². The molecule has 1 aromatic carbocycles. The number of rotatable bonds is 6. The number of piperidine rings is 1. The molecule has 2 fully saturated rings. The lowest BCUT2D eigenvalue weighted by atomic mass is 10.0. The Bertz CT molecular complexity index is 1880. The summed E-state index contributed by atoms with van der Waals surface area (Å²) in [6.07, 6.45) is 8.32. The number of nitrogens with one attached hydrogen (secondary N) is 1. The maximum atomic E-state index is 13.4. The topological polar surface area (TPSA) is 120 Å². The number of anilines is 1. The number of hydrogen-bond donors (Lipinski definition) is 2. The van der Waals surface area contributed by atoms with E-state index < -0.39 is 17.7 Å². The highest BCUT2D eigenvalue weighted by Gasteiger charge is 2.62. The van der Waals surface area contributed by atoms with Crippen LogP contribution in [0.1, 0.15) is 42.9 Å². The van der Waals surface area contributed by atoms with E-state index in [1.807, 2.05) is 41.1 Å². The highest BCUT2D eigenvalue weighted by molar-refractivity contribution is 5.84. The van der Waals surface area contributed by atoms with Crippen LogP contribution in [0.5, 0.6) is 0 Å². The highest BCUT2D eigenvalue weighted by Crippen LogP contribution is 2.49. The summed E-state index contributed by atoms with van der Waals surface area (Å²) in [7, 11) is 0. The first-order chi connectivity index (χ1) is 21.4. The number of halogens is 2. The minimum absolute atomic E-state index is 0.191. The van der Waals surface area contributed by atoms with Gasteiger partial charge in [0.25, 0.3) is 5.92 Å². The fraction of sp³-hybridized carbons (Fsp3) is 0.344. The quantitative estimate of drug-likeness (QED) is 0.297. The average Bonchev–Trinajstić information content (AvgIpc) is 3.49. The largest absolute Gasteiger partial charge is 0.383 e. The zero-order valence-corrected chi connectivity index (χ0v) is 23.9. The van der Waals surface area contributed by atoms with Crippen LogP contribution >= 0.6 is 0 Å². The second-order valence-corrected chi connectivity index (χ2v) is 11.9. The molecule has 3 N–H and O–H groups in total. The van der Waals surface area contributed by atoms with E-state index in [2.05, 4.69) is 33.6 Å². The number of fused-ring (bicyclic) bond motifs is 2. The second-order valence-electron chi connectivity index (χ2n) is 11.9. The Morgan fingerprint density at radius 1 is 1.02 bits per heavy atom. The lowest BCUT2D eigenvalue weighted by Gasteiger charge is -2.34. The molecule has 12 heteroatoms. The summed E-state index contributed by atoms with van der Waals surface area (Å²) in [6, 6.07) is 16.3. The lowest BCUT2D eigenvalue weighted by molar-refractivity contribution is -0.136. The van der Waals surface area contributed by atoms with Gasteiger partial charge in [-0.1, -0.05) is 6.07 Å². The van der Waals surface area contributed by atoms with Crippen LogP contribution in [-0.4, -0.2) is 65.2 Å². The number of hydrogen-bond acceptors (Lipinski definition) is 7. The van der Waals surface area contributed by atoms with Gasteiger partial charge in [-0.2, -0.15) is 5.10 Å². The summed E-state index contributed by atoms with van der Waals surface area (Å²) in [6.45, 7) is 1.03. The highest BCUT2D eigenvalue weighted by atomic mass is 19.3. The molecule has 1 amide bonds. The zero-order chi connectivity index (χ0) is 30.0. The van der Waals surface area contributed by atoms with Gasteiger partial charge in [0.05, 0.1) is 5.56 Å². The van der Waals surface area contributed by atoms with Crippen molar-refractivity contribution >= 4 is 22.9 Å². The molecule has 1 unspecified atom stereocenters. The van der Waals surface area contributed by atoms with E-state index >= 15 is 0 Å². The molecule has 10 nitrogen and oxygen atoms in total. The average molecular weight is 596 g/mol. The zero-order valence-electron chi connectivity index (χ0n) is 23.9. The van der Waals surface area contributed by atoms with Gasteiger partial charge in [0.1, 0.15) is 17.3 Å². The van der Waals surface area contributed by atoms with Gasteiger partial charge in [-0.25, -0.2) is 28.4 Å². The fourth-order valence-electron chi connectivity index (χ4n) is 6.68. The van der Waals surface area contributed by atoms with Gasteiger partial charge in [-0.15, -0.1) is 0 Å². The Kier molecular flexibility index (Phi) is 6.23. The molecule has 2 atom stereocenters. The number of nitrogens with two attached hydrogens (primary N) is 1. The molecule has 3 aliphatic rings. The molecule has 44 heavy (non-hydrogen) atoms. The van der Waals surface area contributed by atoms with E-state index in [1.165, 1.54) is 11.1 Å². The number of imidazole rings is 1. The molecule has 0 spiro atoms. The van der Waals surface area contributed by atoms with Crippen molar-refractivity contribution in [3.8, 4) is 22.9 Å². The Labute approximate surface area is 251 Å². The summed E-state index contributed by atoms with van der Waals surface area (Å²) >= 11 is 0. The number of benzene rings is 1. The Hall–Kier alpha value is -4.71. The molecule has 4 aromatic heterocycles. The van der Waals surface area contributed by atoms with E-state index in [4.69, 9.17) is 15.7 Å². The summed E-state index contributed by atoms with van der Waals surface area (Å²) in [5.41, 5.74) is 11.9. The van der Waals surface area contributed by atoms with Crippen LogP contribution in [0.2, 0.25) is 0 Å². The third-order valence-electron chi connectivity index (χ3n) is 9.14. The van der Waals surface area contributed by atoms with Crippen LogP contribution in [0.15, 0.2) is 67.1 Å². The molecule has 5 heterocycles. The van der Waals surface area contributed by atoms with Gasteiger partial charge in [-0.05, 0) is 79.3 Å². The van der Waals surface area contributed by atoms with E-state index in [1.54, 1.807) is 22.0 Å². The number of aromatic nitrogens is 6. The van der Waals surface area contributed by atoms with Crippen LogP contribution in [0.4, 0.5) is 14.6 Å². The number of aryl methyl sites for hydroxylation is 1. The predicted octanol–water partition coefficient (Wildman–Crippen LogP) is 4.47. The van der Waals surface area contributed by atoms with Crippen LogP contribution in [0.25, 0.3) is 34.1 Å². The molecule has 2 aliphatic carbocycles. The smallest absolute Gasteiger partial charge is 0.260 e. The second kappa shape index (κ2) is 10.2. The number of pyridine rings is 2. The molecule has 8 rings (SSSR count). The van der Waals surface area contributed by atoms with E-state index in [-0.39, 0.29) is 18.5 Å². The van der Waals surface area contributed by atoms with Crippen molar-refractivity contribution in [3.63, 3.8) is 0 Å². The minimum Gasteiger partial charge on any atom is -0.383 e. The Balaban J connectivity index is 1.08. The number of likely N-dealkylation sites (tertiary alicyclic amines) is 1.